The maximum absolute atomic E-state index is 12.5. The first-order chi connectivity index (χ1) is 19.0. The van der Waals surface area contributed by atoms with Crippen LogP contribution >= 0.6 is 0 Å². The minimum atomic E-state index is -5.18. The van der Waals surface area contributed by atoms with Crippen LogP contribution in [0.25, 0.3) is 16.3 Å². The molecule has 0 atom stereocenters. The van der Waals surface area contributed by atoms with Crippen molar-refractivity contribution in [1.29, 1.82) is 0 Å². The predicted octanol–water partition coefficient (Wildman–Crippen LogP) is 2.43. The summed E-state index contributed by atoms with van der Waals surface area (Å²) in [6.07, 6.45) is 3.47. The molecule has 0 saturated carbocycles. The van der Waals surface area contributed by atoms with E-state index in [-0.39, 0.29) is 11.3 Å². The topological polar surface area (TPSA) is 144 Å². The van der Waals surface area contributed by atoms with Crippen molar-refractivity contribution in [3.8, 4) is 17.2 Å². The van der Waals surface area contributed by atoms with Crippen molar-refractivity contribution >= 4 is 36.6 Å². The molecular formula is C29H23NO8S2. The number of benzene rings is 4. The number of hydrogen-bond donors (Lipinski definition) is 2. The molecule has 0 radical (unpaired) electrons. The second kappa shape index (κ2) is 8.61. The molecule has 0 spiro atoms. The Morgan fingerprint density at radius 1 is 0.850 bits per heavy atom. The molecule has 3 aliphatic heterocycles. The zero-order chi connectivity index (χ0) is 28.0. The van der Waals surface area contributed by atoms with Crippen LogP contribution in [0.15, 0.2) is 64.4 Å². The number of aromatic hydroxyl groups is 1. The summed E-state index contributed by atoms with van der Waals surface area (Å²) in [6.45, 7) is 1.87. The lowest BCUT2D eigenvalue weighted by Crippen LogP contribution is -2.45. The van der Waals surface area contributed by atoms with E-state index in [1.165, 1.54) is 12.1 Å². The molecule has 9 nitrogen and oxygen atoms in total. The molecule has 3 heterocycles. The number of nitrogens with zero attached hydrogens (tertiary/aromatic N) is 1. The van der Waals surface area contributed by atoms with Crippen LogP contribution in [0.2, 0.25) is 0 Å². The third kappa shape index (κ3) is 3.84. The van der Waals surface area contributed by atoms with Crippen LogP contribution in [-0.2, 0) is 33.1 Å². The Hall–Kier alpha value is -3.77. The van der Waals surface area contributed by atoms with E-state index in [0.29, 0.717) is 44.7 Å². The Kier molecular flexibility index (Phi) is 5.43. The standard InChI is InChI=1S/C29H23NO8S2/c31-18-6-9-20-16(13-18)5-8-22-26(21-10-7-19(39(32,33)34)15-25(21)40(35,36)37)24-14-17-3-1-11-30-12-2-4-23(27(17)30)29(24)38-28(20)22/h5-10,13-15H,1-4,11-12H2,(H2,32,33,34,35,36,37). The van der Waals surface area contributed by atoms with Crippen LogP contribution in [0.4, 0.5) is 0 Å². The highest BCUT2D eigenvalue weighted by Crippen LogP contribution is 2.44. The zero-order valence-corrected chi connectivity index (χ0v) is 22.7. The summed E-state index contributed by atoms with van der Waals surface area (Å²) in [4.78, 5) is -1.45. The Morgan fingerprint density at radius 2 is 1.60 bits per heavy atom. The summed E-state index contributed by atoms with van der Waals surface area (Å²) < 4.78 is 80.0. The molecule has 0 bridgehead atoms. The number of aryl methyl sites for hydroxylation is 1. The number of rotatable bonds is 3. The van der Waals surface area contributed by atoms with Gasteiger partial charge >= 0.3 is 0 Å². The van der Waals surface area contributed by atoms with Gasteiger partial charge < -0.3 is 14.4 Å². The molecule has 3 aliphatic rings. The van der Waals surface area contributed by atoms with Gasteiger partial charge in [0.05, 0.1) is 15.4 Å². The van der Waals surface area contributed by atoms with E-state index < -0.39 is 30.0 Å². The van der Waals surface area contributed by atoms with Crippen molar-refractivity contribution in [2.45, 2.75) is 35.5 Å². The summed E-state index contributed by atoms with van der Waals surface area (Å²) in [7, 11) is -9.95. The fourth-order valence-electron chi connectivity index (χ4n) is 6.34. The van der Waals surface area contributed by atoms with Gasteiger partial charge in [-0.05, 0) is 60.7 Å². The van der Waals surface area contributed by atoms with Crippen molar-refractivity contribution in [1.82, 2.24) is 4.58 Å². The van der Waals surface area contributed by atoms with Crippen LogP contribution < -0.4 is 19.9 Å². The molecule has 4 aromatic carbocycles. The monoisotopic (exact) mass is 577 g/mol. The lowest BCUT2D eigenvalue weighted by molar-refractivity contribution is 0.439. The highest BCUT2D eigenvalue weighted by atomic mass is 32.2. The predicted molar refractivity (Wildman–Crippen MR) is 145 cm³/mol. The van der Waals surface area contributed by atoms with Crippen molar-refractivity contribution < 1.29 is 35.8 Å². The van der Waals surface area contributed by atoms with E-state index >= 15 is 0 Å². The molecule has 0 fully saturated rings. The third-order valence-corrected chi connectivity index (χ3v) is 9.68. The highest BCUT2D eigenvalue weighted by Gasteiger charge is 2.33. The third-order valence-electron chi connectivity index (χ3n) is 7.96. The van der Waals surface area contributed by atoms with E-state index in [1.807, 2.05) is 6.07 Å². The molecule has 0 saturated heterocycles. The summed E-state index contributed by atoms with van der Waals surface area (Å²) in [6, 6.07) is 13.4. The van der Waals surface area contributed by atoms with Crippen LogP contribution in [-0.4, -0.2) is 44.1 Å². The van der Waals surface area contributed by atoms with Crippen LogP contribution in [0.3, 0.4) is 0 Å². The average molecular weight is 578 g/mol. The SMILES string of the molecule is O=S(=O)([O-])c1cc(S(=O)(=O)O)ccc1C1=c2cc3c4c(c2Oc2c1ccc1cc(O)ccc21)CCC[N+]=4CCC3. The average Bonchev–Trinajstić information content (AvgIpc) is 2.91. The minimum Gasteiger partial charge on any atom is -0.744 e. The fourth-order valence-corrected chi connectivity index (χ4v) is 7.63. The van der Waals surface area contributed by atoms with Gasteiger partial charge in [0.15, 0.2) is 0 Å². The number of ether oxygens (including phenoxy) is 1. The van der Waals surface area contributed by atoms with Crippen molar-refractivity contribution in [2.24, 2.45) is 0 Å². The Bertz CT molecular complexity index is 2150. The molecule has 204 valence electrons. The van der Waals surface area contributed by atoms with E-state index in [2.05, 4.69) is 4.58 Å². The minimum absolute atomic E-state index is 0.0157. The Labute approximate surface area is 229 Å². The van der Waals surface area contributed by atoms with Gasteiger partial charge in [-0.3, -0.25) is 4.55 Å². The first kappa shape index (κ1) is 25.2. The molecule has 2 N–H and O–H groups in total. The van der Waals surface area contributed by atoms with Gasteiger partial charge in [0, 0.05) is 45.7 Å². The fraction of sp³-hybridized carbons (Fsp3) is 0.207. The zero-order valence-electron chi connectivity index (χ0n) is 21.0. The largest absolute Gasteiger partial charge is 0.744 e. The van der Waals surface area contributed by atoms with Gasteiger partial charge in [0.25, 0.3) is 10.1 Å². The van der Waals surface area contributed by atoms with Gasteiger partial charge in [-0.15, -0.1) is 0 Å². The molecule has 4 aromatic rings. The molecule has 7 rings (SSSR count). The van der Waals surface area contributed by atoms with Crippen LogP contribution in [0.1, 0.15) is 35.1 Å². The second-order valence-corrected chi connectivity index (χ2v) is 13.1. The lowest BCUT2D eigenvalue weighted by Gasteiger charge is -2.28. The number of hydrogen-bond acceptors (Lipinski definition) is 7. The van der Waals surface area contributed by atoms with E-state index in [4.69, 9.17) is 4.74 Å². The first-order valence-electron chi connectivity index (χ1n) is 12.8. The van der Waals surface area contributed by atoms with Crippen LogP contribution in [0.5, 0.6) is 17.2 Å². The molecular weight excluding hydrogens is 554 g/mol. The number of fused-ring (bicyclic) bond motifs is 5. The number of phenols is 1. The molecule has 0 aliphatic carbocycles. The summed E-state index contributed by atoms with van der Waals surface area (Å²) in [5.41, 5.74) is 3.08. The van der Waals surface area contributed by atoms with Gasteiger partial charge in [0.1, 0.15) is 40.5 Å². The van der Waals surface area contributed by atoms with Crippen molar-refractivity contribution in [3.63, 3.8) is 0 Å². The molecule has 0 aromatic heterocycles. The molecule has 0 unspecified atom stereocenters. The van der Waals surface area contributed by atoms with Gasteiger partial charge in [0.2, 0.25) is 5.36 Å². The van der Waals surface area contributed by atoms with Crippen molar-refractivity contribution in [2.75, 3.05) is 13.1 Å². The molecule has 0 amide bonds. The van der Waals surface area contributed by atoms with Crippen LogP contribution in [0, 0.1) is 0 Å². The number of phenolic OH excluding ortho intramolecular Hbond substituents is 1. The maximum atomic E-state index is 12.5. The summed E-state index contributed by atoms with van der Waals surface area (Å²) >= 11 is 0. The van der Waals surface area contributed by atoms with Gasteiger partial charge in [-0.25, -0.2) is 13.0 Å². The van der Waals surface area contributed by atoms with E-state index in [1.54, 1.807) is 24.3 Å². The maximum Gasteiger partial charge on any atom is 0.294 e. The Morgan fingerprint density at radius 3 is 2.35 bits per heavy atom. The second-order valence-electron chi connectivity index (χ2n) is 10.3. The lowest BCUT2D eigenvalue weighted by atomic mass is 9.86. The summed E-state index contributed by atoms with van der Waals surface area (Å²) in [5, 5.41) is 13.2. The van der Waals surface area contributed by atoms with Crippen molar-refractivity contribution in [3.05, 3.63) is 87.4 Å². The summed E-state index contributed by atoms with van der Waals surface area (Å²) in [5.74, 6) is 1.09. The normalized spacial score (nSPS) is 16.2. The van der Waals surface area contributed by atoms with Gasteiger partial charge in [-0.2, -0.15) is 8.42 Å². The van der Waals surface area contributed by atoms with E-state index in [0.717, 1.165) is 61.3 Å². The molecule has 40 heavy (non-hydrogen) atoms. The Balaban J connectivity index is 1.68. The smallest absolute Gasteiger partial charge is 0.294 e. The molecule has 11 heteroatoms. The van der Waals surface area contributed by atoms with E-state index in [9.17, 15) is 31.0 Å². The quantitative estimate of drug-likeness (QED) is 0.246. The van der Waals surface area contributed by atoms with Gasteiger partial charge in [-0.1, -0.05) is 12.1 Å². The highest BCUT2D eigenvalue weighted by molar-refractivity contribution is 7.86. The first-order valence-corrected chi connectivity index (χ1v) is 15.7.